The van der Waals surface area contributed by atoms with Gasteiger partial charge in [0.15, 0.2) is 0 Å². The van der Waals surface area contributed by atoms with Gasteiger partial charge in [-0.2, -0.15) is 0 Å². The van der Waals surface area contributed by atoms with Crippen molar-refractivity contribution in [3.63, 3.8) is 0 Å². The summed E-state index contributed by atoms with van der Waals surface area (Å²) in [5.41, 5.74) is 0. The lowest BCUT2D eigenvalue weighted by Gasteiger charge is -2.45. The van der Waals surface area contributed by atoms with Crippen LogP contribution < -0.4 is 0 Å². The number of nitrogens with zero attached hydrogens (tertiary/aromatic N) is 8. The van der Waals surface area contributed by atoms with Crippen molar-refractivity contribution in [2.45, 2.75) is 71.2 Å². The number of hydrogen-bond acceptors (Lipinski definition) is 11. The third kappa shape index (κ3) is 11.2. The summed E-state index contributed by atoms with van der Waals surface area (Å²) in [5, 5.41) is 0. The molecule has 0 spiro atoms. The molecule has 4 aliphatic rings. The Morgan fingerprint density at radius 2 is 0.852 bits per heavy atom. The zero-order valence-electron chi connectivity index (χ0n) is 34.1. The number of morpholine rings is 3. The molecule has 0 saturated carbocycles. The average Bonchev–Trinajstić information content (AvgIpc) is 3.10. The topological polar surface area (TPSA) is 167 Å². The van der Waals surface area contributed by atoms with Crippen molar-refractivity contribution >= 4 is 34.8 Å². The Kier molecular flexibility index (Phi) is 16.4. The van der Waals surface area contributed by atoms with Crippen LogP contribution in [0.2, 0.25) is 0 Å². The van der Waals surface area contributed by atoms with E-state index in [-0.39, 0.29) is 63.0 Å². The molecule has 0 aromatic rings. The highest BCUT2D eigenvalue weighted by Gasteiger charge is 2.46. The van der Waals surface area contributed by atoms with Crippen LogP contribution in [0.3, 0.4) is 0 Å². The number of carbonyl (C=O) groups is 2. The molecule has 0 radical (unpaired) electrons. The van der Waals surface area contributed by atoms with Gasteiger partial charge in [0, 0.05) is 79.3 Å². The van der Waals surface area contributed by atoms with E-state index in [1.807, 2.05) is 20.8 Å². The van der Waals surface area contributed by atoms with Gasteiger partial charge in [-0.1, -0.05) is 0 Å². The first kappa shape index (κ1) is 45.8. The fourth-order valence-corrected chi connectivity index (χ4v) is 13.3. The number of ether oxygens (including phenoxy) is 3. The smallest absolute Gasteiger partial charge is 0.345 e. The normalized spacial score (nSPS) is 31.7. The molecule has 4 saturated heterocycles. The molecule has 9 unspecified atom stereocenters. The molecule has 4 rings (SSSR count). The summed E-state index contributed by atoms with van der Waals surface area (Å²) in [6, 6.07) is 0. The highest BCUT2D eigenvalue weighted by Crippen LogP contribution is 2.57. The van der Waals surface area contributed by atoms with E-state index in [0.717, 1.165) is 0 Å². The Morgan fingerprint density at radius 3 is 1.20 bits per heavy atom. The number of hydrogen-bond donors (Lipinski definition) is 0. The predicted octanol–water partition coefficient (Wildman–Crippen LogP) is 2.02. The fraction of sp³-hybridized carbons (Fsp3) is 0.938. The molecule has 22 heteroatoms. The SMILES string of the molecule is CC(=O)N1CCN(P(=O)(OCC2CN(P(=O)(OCC3CN(P(=O)(OCC4CN(C(C)=O)CC(C)O4)N(C)C)CC(C)O3)N(C)C)CC(C)O2)N(C)C)CC1. The largest absolute Gasteiger partial charge is 0.370 e. The maximum atomic E-state index is 14.7. The van der Waals surface area contributed by atoms with Crippen LogP contribution in [-0.4, -0.2) is 214 Å². The summed E-state index contributed by atoms with van der Waals surface area (Å²) in [4.78, 5) is 27.3. The number of carbonyl (C=O) groups excluding carboxylic acids is 2. The van der Waals surface area contributed by atoms with E-state index < -0.39 is 41.3 Å². The van der Waals surface area contributed by atoms with Gasteiger partial charge in [-0.05, 0) is 63.1 Å². The Labute approximate surface area is 322 Å². The summed E-state index contributed by atoms with van der Waals surface area (Å²) < 4.78 is 90.5. The zero-order chi connectivity index (χ0) is 40.2. The molecule has 4 aliphatic heterocycles. The van der Waals surface area contributed by atoms with Gasteiger partial charge in [0.05, 0.1) is 56.4 Å². The van der Waals surface area contributed by atoms with Crippen molar-refractivity contribution in [1.82, 2.24) is 37.8 Å². The molecular weight excluding hydrogens is 765 g/mol. The summed E-state index contributed by atoms with van der Waals surface area (Å²) in [6.07, 6.45) is -2.40. The molecular formula is C32H65N8O11P3. The Morgan fingerprint density at radius 1 is 0.519 bits per heavy atom. The minimum atomic E-state index is -3.64. The first-order valence-electron chi connectivity index (χ1n) is 18.7. The molecule has 0 bridgehead atoms. The quantitative estimate of drug-likeness (QED) is 0.220. The molecule has 0 aliphatic carbocycles. The molecule has 0 aromatic carbocycles. The number of amides is 2. The summed E-state index contributed by atoms with van der Waals surface area (Å²) in [5.74, 6) is -0.0652. The summed E-state index contributed by atoms with van der Waals surface area (Å²) >= 11 is 0. The van der Waals surface area contributed by atoms with E-state index in [9.17, 15) is 23.3 Å². The van der Waals surface area contributed by atoms with Gasteiger partial charge >= 0.3 is 23.0 Å². The first-order chi connectivity index (χ1) is 25.2. The van der Waals surface area contributed by atoms with Crippen LogP contribution in [0.25, 0.3) is 0 Å². The van der Waals surface area contributed by atoms with Gasteiger partial charge in [0.25, 0.3) is 0 Å². The van der Waals surface area contributed by atoms with Crippen molar-refractivity contribution in [2.24, 2.45) is 0 Å². The maximum absolute atomic E-state index is 14.7. The lowest BCUT2D eigenvalue weighted by Crippen LogP contribution is -2.51. The summed E-state index contributed by atoms with van der Waals surface area (Å²) in [6.45, 7) is 12.3. The lowest BCUT2D eigenvalue weighted by atomic mass is 10.2. The van der Waals surface area contributed by atoms with Gasteiger partial charge in [0.2, 0.25) is 11.8 Å². The number of rotatable bonds is 15. The second-order valence-electron chi connectivity index (χ2n) is 15.2. The molecule has 19 nitrogen and oxygen atoms in total. The highest BCUT2D eigenvalue weighted by molar-refractivity contribution is 7.54. The van der Waals surface area contributed by atoms with Crippen molar-refractivity contribution in [1.29, 1.82) is 0 Å². The van der Waals surface area contributed by atoms with Gasteiger partial charge in [0.1, 0.15) is 0 Å². The molecule has 4 fully saturated rings. The van der Waals surface area contributed by atoms with Crippen molar-refractivity contribution in [2.75, 3.05) is 128 Å². The van der Waals surface area contributed by atoms with Crippen LogP contribution in [0.15, 0.2) is 0 Å². The first-order valence-corrected chi connectivity index (χ1v) is 23.3. The second-order valence-corrected chi connectivity index (χ2v) is 23.0. The second kappa shape index (κ2) is 19.3. The van der Waals surface area contributed by atoms with Crippen molar-refractivity contribution < 1.29 is 51.1 Å². The van der Waals surface area contributed by atoms with E-state index in [1.54, 1.807) is 80.1 Å². The average molecular weight is 831 g/mol. The Hall–Kier alpha value is -0.850. The van der Waals surface area contributed by atoms with Crippen LogP contribution >= 0.6 is 23.0 Å². The lowest BCUT2D eigenvalue weighted by molar-refractivity contribution is -0.144. The minimum absolute atomic E-state index is 0.00767. The third-order valence-corrected chi connectivity index (χ3v) is 17.6. The maximum Gasteiger partial charge on any atom is 0.345 e. The molecule has 0 aromatic heterocycles. The van der Waals surface area contributed by atoms with E-state index >= 15 is 0 Å². The molecule has 314 valence electrons. The Bertz CT molecular complexity index is 1420. The molecule has 0 N–H and O–H groups in total. The molecule has 54 heavy (non-hydrogen) atoms. The number of piperazine rings is 1. The van der Waals surface area contributed by atoms with Crippen LogP contribution in [0, 0.1) is 0 Å². The van der Waals surface area contributed by atoms with Crippen LogP contribution in [0.5, 0.6) is 0 Å². The van der Waals surface area contributed by atoms with Crippen LogP contribution in [-0.2, 0) is 51.1 Å². The fourth-order valence-electron chi connectivity index (χ4n) is 7.19. The predicted molar refractivity (Wildman–Crippen MR) is 204 cm³/mol. The van der Waals surface area contributed by atoms with E-state index in [1.165, 1.54) is 13.8 Å². The third-order valence-electron chi connectivity index (χ3n) is 9.96. The van der Waals surface area contributed by atoms with Crippen molar-refractivity contribution in [3.05, 3.63) is 0 Å². The van der Waals surface area contributed by atoms with Crippen LogP contribution in [0.4, 0.5) is 0 Å². The van der Waals surface area contributed by atoms with Gasteiger partial charge in [-0.25, -0.2) is 28.0 Å². The van der Waals surface area contributed by atoms with Gasteiger partial charge < -0.3 is 37.6 Å². The highest BCUT2D eigenvalue weighted by atomic mass is 31.2. The van der Waals surface area contributed by atoms with E-state index in [4.69, 9.17) is 27.8 Å². The molecule has 2 amide bonds. The molecule has 9 atom stereocenters. The standard InChI is InChI=1S/C32H65N8O11P3/c1-25-16-37(29(5)42)19-30(49-25)22-47-53(44,34(8)9)39-17-27(3)51-32(21-39)24-48-54(45,35(10)11)40-18-26(2)50-31(20-40)23-46-52(43,33(6)7)38-14-12-36(13-15-38)28(4)41/h25-27,30-32H,12-24H2,1-11H3. The molecule has 4 heterocycles. The summed E-state index contributed by atoms with van der Waals surface area (Å²) in [7, 11) is -0.445. The minimum Gasteiger partial charge on any atom is -0.370 e. The van der Waals surface area contributed by atoms with Crippen molar-refractivity contribution in [3.8, 4) is 0 Å². The van der Waals surface area contributed by atoms with E-state index in [0.29, 0.717) is 52.4 Å². The Balaban J connectivity index is 1.40. The van der Waals surface area contributed by atoms with Gasteiger partial charge in [-0.3, -0.25) is 23.3 Å². The van der Waals surface area contributed by atoms with Gasteiger partial charge in [-0.15, -0.1) is 0 Å². The zero-order valence-corrected chi connectivity index (χ0v) is 36.7. The monoisotopic (exact) mass is 830 g/mol. The van der Waals surface area contributed by atoms with E-state index in [2.05, 4.69) is 0 Å². The van der Waals surface area contributed by atoms with Crippen LogP contribution in [0.1, 0.15) is 34.6 Å².